The number of aryl methyl sites for hydroxylation is 2. The van der Waals surface area contributed by atoms with Crippen molar-refractivity contribution in [2.75, 3.05) is 5.75 Å². The SMILES string of the molecule is Cc1nc(SCCC2CCCC2(N)C(N)=O)oc1C. The summed E-state index contributed by atoms with van der Waals surface area (Å²) in [4.78, 5) is 15.8. The number of oxazole rings is 1. The van der Waals surface area contributed by atoms with Gasteiger partial charge in [-0.15, -0.1) is 0 Å². The van der Waals surface area contributed by atoms with Gasteiger partial charge in [0.25, 0.3) is 5.22 Å². The van der Waals surface area contributed by atoms with Gasteiger partial charge >= 0.3 is 0 Å². The summed E-state index contributed by atoms with van der Waals surface area (Å²) in [5.41, 5.74) is 11.7. The lowest BCUT2D eigenvalue weighted by Crippen LogP contribution is -2.54. The van der Waals surface area contributed by atoms with Crippen LogP contribution in [0.15, 0.2) is 9.64 Å². The van der Waals surface area contributed by atoms with Gasteiger partial charge in [0.2, 0.25) is 5.91 Å². The zero-order valence-corrected chi connectivity index (χ0v) is 12.3. The van der Waals surface area contributed by atoms with Gasteiger partial charge in [0.15, 0.2) is 0 Å². The van der Waals surface area contributed by atoms with Crippen LogP contribution in [0.5, 0.6) is 0 Å². The fourth-order valence-corrected chi connectivity index (χ4v) is 3.58. The third kappa shape index (κ3) is 2.95. The van der Waals surface area contributed by atoms with Gasteiger partial charge in [-0.25, -0.2) is 4.98 Å². The molecule has 1 amide bonds. The van der Waals surface area contributed by atoms with Crippen molar-refractivity contribution in [2.24, 2.45) is 17.4 Å². The molecule has 2 unspecified atom stereocenters. The average Bonchev–Trinajstić information content (AvgIpc) is 2.85. The van der Waals surface area contributed by atoms with Crippen molar-refractivity contribution in [3.8, 4) is 0 Å². The van der Waals surface area contributed by atoms with Crippen LogP contribution in [0.4, 0.5) is 0 Å². The molecule has 5 nitrogen and oxygen atoms in total. The first-order valence-corrected chi connectivity index (χ1v) is 7.57. The third-order valence-electron chi connectivity index (χ3n) is 4.03. The summed E-state index contributed by atoms with van der Waals surface area (Å²) in [5.74, 6) is 1.50. The van der Waals surface area contributed by atoms with E-state index in [4.69, 9.17) is 15.9 Å². The van der Waals surface area contributed by atoms with Crippen molar-refractivity contribution in [1.82, 2.24) is 4.98 Å². The summed E-state index contributed by atoms with van der Waals surface area (Å²) >= 11 is 1.57. The lowest BCUT2D eigenvalue weighted by Gasteiger charge is -2.27. The van der Waals surface area contributed by atoms with Crippen molar-refractivity contribution in [3.63, 3.8) is 0 Å². The van der Waals surface area contributed by atoms with Gasteiger partial charge in [-0.2, -0.15) is 0 Å². The van der Waals surface area contributed by atoms with Crippen molar-refractivity contribution >= 4 is 17.7 Å². The summed E-state index contributed by atoms with van der Waals surface area (Å²) in [6.45, 7) is 3.83. The van der Waals surface area contributed by atoms with E-state index in [0.29, 0.717) is 11.6 Å². The summed E-state index contributed by atoms with van der Waals surface area (Å²) < 4.78 is 5.51. The van der Waals surface area contributed by atoms with Crippen LogP contribution in [0.2, 0.25) is 0 Å². The molecule has 0 bridgehead atoms. The second kappa shape index (κ2) is 5.54. The molecule has 0 aliphatic heterocycles. The second-order valence-corrected chi connectivity index (χ2v) is 6.30. The molecule has 1 saturated carbocycles. The first-order valence-electron chi connectivity index (χ1n) is 6.59. The molecule has 1 aliphatic carbocycles. The summed E-state index contributed by atoms with van der Waals surface area (Å²) in [6, 6.07) is 0. The van der Waals surface area contributed by atoms with Crippen LogP contribution in [0, 0.1) is 19.8 Å². The highest BCUT2D eigenvalue weighted by Gasteiger charge is 2.43. The van der Waals surface area contributed by atoms with Crippen LogP contribution < -0.4 is 11.5 Å². The van der Waals surface area contributed by atoms with Gasteiger partial charge in [-0.1, -0.05) is 18.2 Å². The maximum Gasteiger partial charge on any atom is 0.256 e. The highest BCUT2D eigenvalue weighted by atomic mass is 32.2. The van der Waals surface area contributed by atoms with E-state index < -0.39 is 5.54 Å². The number of carbonyl (C=O) groups excluding carboxylic acids is 1. The Labute approximate surface area is 117 Å². The van der Waals surface area contributed by atoms with Crippen molar-refractivity contribution in [2.45, 2.75) is 50.3 Å². The molecule has 1 aliphatic rings. The van der Waals surface area contributed by atoms with Crippen LogP contribution in [-0.2, 0) is 4.79 Å². The van der Waals surface area contributed by atoms with Crippen LogP contribution in [0.3, 0.4) is 0 Å². The number of nitrogens with two attached hydrogens (primary N) is 2. The highest BCUT2D eigenvalue weighted by molar-refractivity contribution is 7.99. The van der Waals surface area contributed by atoms with Crippen LogP contribution in [-0.4, -0.2) is 22.2 Å². The Morgan fingerprint density at radius 1 is 1.58 bits per heavy atom. The molecule has 106 valence electrons. The molecule has 1 fully saturated rings. The molecule has 6 heteroatoms. The second-order valence-electron chi connectivity index (χ2n) is 5.25. The number of rotatable bonds is 5. The highest BCUT2D eigenvalue weighted by Crippen LogP contribution is 2.37. The van der Waals surface area contributed by atoms with Crippen molar-refractivity contribution < 1.29 is 9.21 Å². The number of nitrogens with zero attached hydrogens (tertiary/aromatic N) is 1. The van der Waals surface area contributed by atoms with Gasteiger partial charge in [-0.05, 0) is 39.0 Å². The lowest BCUT2D eigenvalue weighted by molar-refractivity contribution is -0.124. The Bertz CT molecular complexity index is 455. The Morgan fingerprint density at radius 3 is 2.89 bits per heavy atom. The predicted octanol–water partition coefficient (Wildman–Crippen LogP) is 1.76. The van der Waals surface area contributed by atoms with E-state index >= 15 is 0 Å². The summed E-state index contributed by atoms with van der Waals surface area (Å²) in [7, 11) is 0. The van der Waals surface area contributed by atoms with Crippen molar-refractivity contribution in [3.05, 3.63) is 11.5 Å². The first-order chi connectivity index (χ1) is 8.93. The Hall–Kier alpha value is -1.01. The normalized spacial score (nSPS) is 26.8. The molecule has 2 rings (SSSR count). The van der Waals surface area contributed by atoms with E-state index in [-0.39, 0.29) is 11.8 Å². The fourth-order valence-electron chi connectivity index (χ4n) is 2.62. The molecule has 1 aromatic heterocycles. The maximum absolute atomic E-state index is 11.5. The Kier molecular flexibility index (Phi) is 4.20. The fraction of sp³-hybridized carbons (Fsp3) is 0.692. The first kappa shape index (κ1) is 14.4. The Balaban J connectivity index is 1.87. The monoisotopic (exact) mass is 283 g/mol. The summed E-state index contributed by atoms with van der Waals surface area (Å²) in [5, 5.41) is 0.690. The number of thioether (sulfide) groups is 1. The van der Waals surface area contributed by atoms with E-state index in [0.717, 1.165) is 36.5 Å². The lowest BCUT2D eigenvalue weighted by atomic mass is 9.85. The number of hydrogen-bond acceptors (Lipinski definition) is 5. The smallest absolute Gasteiger partial charge is 0.256 e. The van der Waals surface area contributed by atoms with E-state index in [2.05, 4.69) is 4.98 Å². The maximum atomic E-state index is 11.5. The molecular formula is C13H21N3O2S. The zero-order valence-electron chi connectivity index (χ0n) is 11.4. The molecule has 0 radical (unpaired) electrons. The van der Waals surface area contributed by atoms with Gasteiger partial charge < -0.3 is 15.9 Å². The quantitative estimate of drug-likeness (QED) is 0.803. The molecule has 19 heavy (non-hydrogen) atoms. The van der Waals surface area contributed by atoms with Gasteiger partial charge in [0, 0.05) is 5.75 Å². The van der Waals surface area contributed by atoms with Crippen LogP contribution in [0.25, 0.3) is 0 Å². The molecular weight excluding hydrogens is 262 g/mol. The largest absolute Gasteiger partial charge is 0.437 e. The molecule has 1 aromatic rings. The molecule has 0 spiro atoms. The predicted molar refractivity (Wildman–Crippen MR) is 74.8 cm³/mol. The molecule has 0 aromatic carbocycles. The topological polar surface area (TPSA) is 95.1 Å². The number of aromatic nitrogens is 1. The summed E-state index contributed by atoms with van der Waals surface area (Å²) in [6.07, 6.45) is 3.52. The number of amides is 1. The van der Waals surface area contributed by atoms with Crippen LogP contribution >= 0.6 is 11.8 Å². The molecule has 0 saturated heterocycles. The molecule has 1 heterocycles. The number of carbonyl (C=O) groups is 1. The third-order valence-corrected chi connectivity index (χ3v) is 4.89. The van der Waals surface area contributed by atoms with Crippen LogP contribution in [0.1, 0.15) is 37.1 Å². The minimum Gasteiger partial charge on any atom is -0.437 e. The molecule has 4 N–H and O–H groups in total. The zero-order chi connectivity index (χ0) is 14.0. The van der Waals surface area contributed by atoms with Gasteiger partial charge in [-0.3, -0.25) is 4.79 Å². The minimum absolute atomic E-state index is 0.176. The number of primary amides is 1. The van der Waals surface area contributed by atoms with E-state index in [1.54, 1.807) is 11.8 Å². The Morgan fingerprint density at radius 2 is 2.32 bits per heavy atom. The van der Waals surface area contributed by atoms with E-state index in [1.807, 2.05) is 13.8 Å². The van der Waals surface area contributed by atoms with Gasteiger partial charge in [0.05, 0.1) is 11.2 Å². The van der Waals surface area contributed by atoms with E-state index in [1.165, 1.54) is 0 Å². The average molecular weight is 283 g/mol. The number of hydrogen-bond donors (Lipinski definition) is 2. The van der Waals surface area contributed by atoms with Crippen molar-refractivity contribution in [1.29, 1.82) is 0 Å². The standard InChI is InChI=1S/C13H21N3O2S/c1-8-9(2)18-12(16-8)19-7-5-10-4-3-6-13(10,15)11(14)17/h10H,3-7,15H2,1-2H3,(H2,14,17). The minimum atomic E-state index is -0.816. The molecule has 2 atom stereocenters. The van der Waals surface area contributed by atoms with E-state index in [9.17, 15) is 4.79 Å². The van der Waals surface area contributed by atoms with Gasteiger partial charge in [0.1, 0.15) is 5.76 Å².